The number of hydrogen-bond donors (Lipinski definition) is 1. The summed E-state index contributed by atoms with van der Waals surface area (Å²) < 4.78 is 6.84. The van der Waals surface area contributed by atoms with Crippen molar-refractivity contribution in [1.82, 2.24) is 14.6 Å². The van der Waals surface area contributed by atoms with Crippen LogP contribution in [-0.2, 0) is 4.79 Å². The van der Waals surface area contributed by atoms with Gasteiger partial charge in [0, 0.05) is 12.3 Å². The summed E-state index contributed by atoms with van der Waals surface area (Å²) in [4.78, 5) is 31.0. The molecule has 2 amide bonds. The third-order valence-corrected chi connectivity index (χ3v) is 4.29. The van der Waals surface area contributed by atoms with E-state index < -0.39 is 0 Å². The van der Waals surface area contributed by atoms with Crippen LogP contribution in [0.15, 0.2) is 30.5 Å². The van der Waals surface area contributed by atoms with Gasteiger partial charge in [-0.2, -0.15) is 5.10 Å². The number of pyridine rings is 1. The van der Waals surface area contributed by atoms with Crippen molar-refractivity contribution in [2.75, 3.05) is 23.9 Å². The quantitative estimate of drug-likeness (QED) is 0.762. The van der Waals surface area contributed by atoms with E-state index in [4.69, 9.17) is 4.74 Å². The molecular weight excluding hydrogens is 334 g/mol. The number of aryl methyl sites for hydroxylation is 2. The van der Waals surface area contributed by atoms with Crippen LogP contribution < -0.4 is 15.0 Å². The number of rotatable bonds is 2. The van der Waals surface area contributed by atoms with Crippen molar-refractivity contribution >= 4 is 28.8 Å². The number of anilines is 2. The Bertz CT molecular complexity index is 1060. The average molecular weight is 351 g/mol. The van der Waals surface area contributed by atoms with Gasteiger partial charge in [0.25, 0.3) is 5.91 Å². The van der Waals surface area contributed by atoms with Crippen molar-refractivity contribution in [3.8, 4) is 5.75 Å². The summed E-state index contributed by atoms with van der Waals surface area (Å²) in [5.74, 6) is 0.708. The molecule has 1 aliphatic heterocycles. The van der Waals surface area contributed by atoms with Crippen molar-refractivity contribution in [1.29, 1.82) is 0 Å². The molecule has 0 fully saturated rings. The average Bonchev–Trinajstić information content (AvgIpc) is 3.01. The molecule has 0 aliphatic carbocycles. The first-order valence-corrected chi connectivity index (χ1v) is 8.09. The second-order valence-corrected chi connectivity index (χ2v) is 6.16. The monoisotopic (exact) mass is 351 g/mol. The van der Waals surface area contributed by atoms with E-state index in [-0.39, 0.29) is 18.4 Å². The third-order valence-electron chi connectivity index (χ3n) is 4.29. The molecule has 26 heavy (non-hydrogen) atoms. The molecule has 3 heterocycles. The maximum atomic E-state index is 13.2. The minimum absolute atomic E-state index is 0.0630. The molecule has 0 spiro atoms. The van der Waals surface area contributed by atoms with Gasteiger partial charge in [-0.15, -0.1) is 0 Å². The molecule has 1 N–H and O–H groups in total. The van der Waals surface area contributed by atoms with Gasteiger partial charge in [0.2, 0.25) is 5.91 Å². The lowest BCUT2D eigenvalue weighted by Gasteiger charge is -2.29. The van der Waals surface area contributed by atoms with Crippen LogP contribution in [-0.4, -0.2) is 40.1 Å². The van der Waals surface area contributed by atoms with E-state index in [0.29, 0.717) is 34.2 Å². The first kappa shape index (κ1) is 16.1. The number of fused-ring (bicyclic) bond motifs is 2. The Kier molecular flexibility index (Phi) is 3.61. The zero-order valence-corrected chi connectivity index (χ0v) is 14.6. The third kappa shape index (κ3) is 2.55. The highest BCUT2D eigenvalue weighted by molar-refractivity contribution is 6.15. The summed E-state index contributed by atoms with van der Waals surface area (Å²) in [5, 5.41) is 7.06. The number of benzene rings is 1. The molecule has 3 aromatic rings. The highest BCUT2D eigenvalue weighted by Gasteiger charge is 2.28. The molecule has 0 radical (unpaired) electrons. The van der Waals surface area contributed by atoms with Gasteiger partial charge in [-0.25, -0.2) is 9.50 Å². The Morgan fingerprint density at radius 3 is 2.85 bits per heavy atom. The number of methoxy groups -OCH3 is 1. The largest absolute Gasteiger partial charge is 0.497 e. The van der Waals surface area contributed by atoms with E-state index in [9.17, 15) is 9.59 Å². The standard InChI is InChI=1S/C18H17N5O3/c1-10-6-12(8-23-17(10)19-11(2)21-23)18(25)22-9-16(24)20-14-5-4-13(26-3)7-15(14)22/h4-8H,9H2,1-3H3,(H,20,24). The highest BCUT2D eigenvalue weighted by Crippen LogP contribution is 2.34. The van der Waals surface area contributed by atoms with Crippen LogP contribution in [0, 0.1) is 13.8 Å². The van der Waals surface area contributed by atoms with Gasteiger partial charge in [-0.3, -0.25) is 14.5 Å². The number of carbonyl (C=O) groups excluding carboxylic acids is 2. The zero-order chi connectivity index (χ0) is 18.4. The van der Waals surface area contributed by atoms with E-state index >= 15 is 0 Å². The van der Waals surface area contributed by atoms with Crippen molar-refractivity contribution in [3.63, 3.8) is 0 Å². The van der Waals surface area contributed by atoms with Crippen LogP contribution in [0.25, 0.3) is 5.65 Å². The number of amides is 2. The van der Waals surface area contributed by atoms with Gasteiger partial charge in [0.1, 0.15) is 18.1 Å². The smallest absolute Gasteiger partial charge is 0.260 e. The lowest BCUT2D eigenvalue weighted by atomic mass is 10.1. The first-order chi connectivity index (χ1) is 12.5. The molecule has 1 aliphatic rings. The number of ether oxygens (including phenoxy) is 1. The Labute approximate surface area is 149 Å². The van der Waals surface area contributed by atoms with Crippen LogP contribution in [0.1, 0.15) is 21.7 Å². The Morgan fingerprint density at radius 1 is 1.27 bits per heavy atom. The minimum Gasteiger partial charge on any atom is -0.497 e. The van der Waals surface area contributed by atoms with Crippen molar-refractivity contribution in [2.24, 2.45) is 0 Å². The number of aromatic nitrogens is 3. The van der Waals surface area contributed by atoms with Crippen LogP contribution in [0.5, 0.6) is 5.75 Å². The van der Waals surface area contributed by atoms with Crippen molar-refractivity contribution in [2.45, 2.75) is 13.8 Å². The molecule has 0 saturated heterocycles. The highest BCUT2D eigenvalue weighted by atomic mass is 16.5. The summed E-state index contributed by atoms with van der Waals surface area (Å²) in [7, 11) is 1.56. The molecule has 0 unspecified atom stereocenters. The SMILES string of the molecule is COc1ccc2c(c1)N(C(=O)c1cc(C)c3nc(C)nn3c1)CC(=O)N2. The molecular formula is C18H17N5O3. The van der Waals surface area contributed by atoms with Crippen molar-refractivity contribution in [3.05, 3.63) is 47.4 Å². The fourth-order valence-corrected chi connectivity index (χ4v) is 3.10. The van der Waals surface area contributed by atoms with Crippen LogP contribution in [0.3, 0.4) is 0 Å². The van der Waals surface area contributed by atoms with Crippen LogP contribution in [0.2, 0.25) is 0 Å². The van der Waals surface area contributed by atoms with E-state index in [1.54, 1.807) is 49.0 Å². The van der Waals surface area contributed by atoms with Gasteiger partial charge in [0.15, 0.2) is 5.65 Å². The molecule has 0 saturated carbocycles. The number of nitrogens with one attached hydrogen (secondary N) is 1. The molecule has 8 heteroatoms. The van der Waals surface area contributed by atoms with Gasteiger partial charge >= 0.3 is 0 Å². The second kappa shape index (κ2) is 5.83. The Hall–Kier alpha value is -3.42. The molecule has 0 atom stereocenters. The number of nitrogens with zero attached hydrogens (tertiary/aromatic N) is 4. The van der Waals surface area contributed by atoms with Crippen LogP contribution in [0.4, 0.5) is 11.4 Å². The minimum atomic E-state index is -0.285. The molecule has 132 valence electrons. The molecule has 0 bridgehead atoms. The zero-order valence-electron chi connectivity index (χ0n) is 14.6. The van der Waals surface area contributed by atoms with E-state index in [2.05, 4.69) is 15.4 Å². The molecule has 1 aromatic carbocycles. The predicted octanol–water partition coefficient (Wildman–Crippen LogP) is 1.95. The number of carbonyl (C=O) groups is 2. The summed E-state index contributed by atoms with van der Waals surface area (Å²) in [6, 6.07) is 6.96. The summed E-state index contributed by atoms with van der Waals surface area (Å²) in [6.45, 7) is 3.61. The molecule has 8 nitrogen and oxygen atoms in total. The summed E-state index contributed by atoms with van der Waals surface area (Å²) >= 11 is 0. The predicted molar refractivity (Wildman–Crippen MR) is 95.8 cm³/mol. The normalized spacial score (nSPS) is 13.5. The first-order valence-electron chi connectivity index (χ1n) is 8.09. The van der Waals surface area contributed by atoms with Gasteiger partial charge in [-0.1, -0.05) is 0 Å². The van der Waals surface area contributed by atoms with Gasteiger partial charge in [-0.05, 0) is 37.6 Å². The fraction of sp³-hybridized carbons (Fsp3) is 0.222. The maximum absolute atomic E-state index is 13.2. The Balaban J connectivity index is 1.80. The molecule has 4 rings (SSSR count). The van der Waals surface area contributed by atoms with E-state index in [1.165, 1.54) is 4.90 Å². The van der Waals surface area contributed by atoms with E-state index in [1.807, 2.05) is 6.92 Å². The molecule has 2 aromatic heterocycles. The van der Waals surface area contributed by atoms with Gasteiger partial charge < -0.3 is 10.1 Å². The maximum Gasteiger partial charge on any atom is 0.260 e. The number of hydrogen-bond acceptors (Lipinski definition) is 5. The fourth-order valence-electron chi connectivity index (χ4n) is 3.10. The topological polar surface area (TPSA) is 88.8 Å². The summed E-state index contributed by atoms with van der Waals surface area (Å²) in [6.07, 6.45) is 1.64. The van der Waals surface area contributed by atoms with Gasteiger partial charge in [0.05, 0.1) is 24.0 Å². The van der Waals surface area contributed by atoms with Crippen molar-refractivity contribution < 1.29 is 14.3 Å². The van der Waals surface area contributed by atoms with Crippen LogP contribution >= 0.6 is 0 Å². The lowest BCUT2D eigenvalue weighted by molar-refractivity contribution is -0.115. The second-order valence-electron chi connectivity index (χ2n) is 6.16. The summed E-state index contributed by atoms with van der Waals surface area (Å²) in [5.41, 5.74) is 3.15. The Morgan fingerprint density at radius 2 is 2.08 bits per heavy atom. The van der Waals surface area contributed by atoms with E-state index in [0.717, 1.165) is 5.56 Å². The lowest BCUT2D eigenvalue weighted by Crippen LogP contribution is -2.42.